The van der Waals surface area contributed by atoms with Crippen LogP contribution in [0, 0.1) is 11.3 Å². The first-order valence-electron chi connectivity index (χ1n) is 4.63. The van der Waals surface area contributed by atoms with Crippen molar-refractivity contribution in [3.05, 3.63) is 17.8 Å². The molecule has 1 N–H and O–H groups in total. The number of amides is 1. The van der Waals surface area contributed by atoms with Crippen LogP contribution in [0.2, 0.25) is 0 Å². The first-order chi connectivity index (χ1) is 7.40. The molecule has 0 fully saturated rings. The molecule has 0 atom stereocenters. The average molecular weight is 220 g/mol. The van der Waals surface area contributed by atoms with E-state index in [4.69, 9.17) is 10.00 Å². The van der Waals surface area contributed by atoms with Crippen LogP contribution in [0.25, 0.3) is 0 Å². The van der Waals surface area contributed by atoms with Gasteiger partial charge in [-0.05, 0) is 20.8 Å². The van der Waals surface area contributed by atoms with E-state index in [0.29, 0.717) is 5.56 Å². The summed E-state index contributed by atoms with van der Waals surface area (Å²) in [5.41, 5.74) is -0.259. The van der Waals surface area contributed by atoms with Gasteiger partial charge < -0.3 is 4.74 Å². The summed E-state index contributed by atoms with van der Waals surface area (Å²) in [6.07, 6.45) is 0.678. The third-order valence-electron chi connectivity index (χ3n) is 1.41. The fraction of sp³-hybridized carbons (Fsp3) is 0.400. The topological polar surface area (TPSA) is 87.9 Å². The van der Waals surface area contributed by atoms with E-state index in [-0.39, 0.29) is 5.82 Å². The van der Waals surface area contributed by atoms with Crippen LogP contribution in [-0.2, 0) is 4.74 Å². The number of nitrogens with zero attached hydrogens (tertiary/aromatic N) is 3. The summed E-state index contributed by atoms with van der Waals surface area (Å²) in [4.78, 5) is 11.3. The number of nitriles is 1. The highest BCUT2D eigenvalue weighted by atomic mass is 16.6. The van der Waals surface area contributed by atoms with Crippen molar-refractivity contribution in [1.29, 1.82) is 5.26 Å². The first-order valence-corrected chi connectivity index (χ1v) is 4.63. The van der Waals surface area contributed by atoms with E-state index in [0.717, 1.165) is 0 Å². The van der Waals surface area contributed by atoms with Gasteiger partial charge in [-0.25, -0.2) is 4.79 Å². The standard InChI is InChI=1S/C10H12N4O2/c1-10(2,3)16-9(15)13-8-4-7(5-11)6-12-14-8/h4,6H,1-3H3,(H,13,14,15). The summed E-state index contributed by atoms with van der Waals surface area (Å²) in [7, 11) is 0. The quantitative estimate of drug-likeness (QED) is 0.778. The Hall–Kier alpha value is -2.16. The Balaban J connectivity index is 2.67. The summed E-state index contributed by atoms with van der Waals surface area (Å²) in [6.45, 7) is 5.26. The molecule has 84 valence electrons. The second-order valence-corrected chi connectivity index (χ2v) is 4.07. The first kappa shape index (κ1) is 11.9. The molecule has 0 radical (unpaired) electrons. The van der Waals surface area contributed by atoms with E-state index in [1.54, 1.807) is 20.8 Å². The molecule has 16 heavy (non-hydrogen) atoms. The molecule has 0 saturated carbocycles. The van der Waals surface area contributed by atoms with Crippen molar-refractivity contribution in [1.82, 2.24) is 10.2 Å². The third-order valence-corrected chi connectivity index (χ3v) is 1.41. The lowest BCUT2D eigenvalue weighted by molar-refractivity contribution is 0.0635. The van der Waals surface area contributed by atoms with Gasteiger partial charge >= 0.3 is 6.09 Å². The number of aromatic nitrogens is 2. The zero-order valence-electron chi connectivity index (χ0n) is 9.31. The van der Waals surface area contributed by atoms with Crippen LogP contribution in [0.1, 0.15) is 26.3 Å². The Morgan fingerprint density at radius 3 is 2.81 bits per heavy atom. The van der Waals surface area contributed by atoms with Gasteiger partial charge in [0.05, 0.1) is 11.8 Å². The molecular weight excluding hydrogens is 208 g/mol. The lowest BCUT2D eigenvalue weighted by atomic mass is 10.2. The number of ether oxygens (including phenoxy) is 1. The van der Waals surface area contributed by atoms with Crippen molar-refractivity contribution in [2.45, 2.75) is 26.4 Å². The smallest absolute Gasteiger partial charge is 0.413 e. The minimum Gasteiger partial charge on any atom is -0.444 e. The molecule has 0 aliphatic heterocycles. The average Bonchev–Trinajstić information content (AvgIpc) is 2.15. The Bertz CT molecular complexity index is 431. The molecular formula is C10H12N4O2. The van der Waals surface area contributed by atoms with Crippen LogP contribution in [-0.4, -0.2) is 21.9 Å². The summed E-state index contributed by atoms with van der Waals surface area (Å²) < 4.78 is 5.01. The highest BCUT2D eigenvalue weighted by Crippen LogP contribution is 2.10. The molecule has 1 amide bonds. The predicted molar refractivity (Wildman–Crippen MR) is 56.6 cm³/mol. The second kappa shape index (κ2) is 4.57. The maximum absolute atomic E-state index is 11.3. The van der Waals surface area contributed by atoms with Gasteiger partial charge in [-0.2, -0.15) is 10.4 Å². The maximum atomic E-state index is 11.3. The van der Waals surface area contributed by atoms with E-state index in [1.807, 2.05) is 6.07 Å². The van der Waals surface area contributed by atoms with Crippen LogP contribution in [0.15, 0.2) is 12.3 Å². The van der Waals surface area contributed by atoms with Gasteiger partial charge in [0.1, 0.15) is 11.7 Å². The normalized spacial score (nSPS) is 10.4. The third kappa shape index (κ3) is 3.92. The molecule has 6 nitrogen and oxygen atoms in total. The minimum absolute atomic E-state index is 0.188. The van der Waals surface area contributed by atoms with Crippen LogP contribution in [0.5, 0.6) is 0 Å². The second-order valence-electron chi connectivity index (χ2n) is 4.07. The Kier molecular flexibility index (Phi) is 3.40. The van der Waals surface area contributed by atoms with Crippen molar-refractivity contribution < 1.29 is 9.53 Å². The van der Waals surface area contributed by atoms with Crippen LogP contribution >= 0.6 is 0 Å². The largest absolute Gasteiger partial charge is 0.444 e. The fourth-order valence-electron chi connectivity index (χ4n) is 0.897. The van der Waals surface area contributed by atoms with E-state index in [2.05, 4.69) is 15.5 Å². The summed E-state index contributed by atoms with van der Waals surface area (Å²) in [5.74, 6) is 0.188. The van der Waals surface area contributed by atoms with E-state index in [1.165, 1.54) is 12.3 Å². The number of rotatable bonds is 1. The Morgan fingerprint density at radius 1 is 1.56 bits per heavy atom. The van der Waals surface area contributed by atoms with Crippen molar-refractivity contribution in [2.75, 3.05) is 5.32 Å². The number of anilines is 1. The minimum atomic E-state index is -0.628. The molecule has 1 aromatic rings. The molecule has 0 aliphatic rings. The Morgan fingerprint density at radius 2 is 2.25 bits per heavy atom. The molecule has 0 bridgehead atoms. The summed E-state index contributed by atoms with van der Waals surface area (Å²) >= 11 is 0. The van der Waals surface area contributed by atoms with Gasteiger partial charge in [0.2, 0.25) is 0 Å². The van der Waals surface area contributed by atoms with Gasteiger partial charge in [-0.1, -0.05) is 0 Å². The van der Waals surface area contributed by atoms with E-state index >= 15 is 0 Å². The zero-order chi connectivity index (χ0) is 12.2. The van der Waals surface area contributed by atoms with Gasteiger partial charge in [-0.3, -0.25) is 5.32 Å². The number of nitrogens with one attached hydrogen (secondary N) is 1. The SMILES string of the molecule is CC(C)(C)OC(=O)Nc1cc(C#N)cnn1. The van der Waals surface area contributed by atoms with E-state index in [9.17, 15) is 4.79 Å². The molecule has 0 aromatic carbocycles. The number of carbonyl (C=O) groups excluding carboxylic acids is 1. The van der Waals surface area contributed by atoms with Gasteiger partial charge in [-0.15, -0.1) is 5.10 Å². The van der Waals surface area contributed by atoms with Gasteiger partial charge in [0, 0.05) is 6.07 Å². The molecule has 1 aromatic heterocycles. The number of hydrogen-bond acceptors (Lipinski definition) is 5. The van der Waals surface area contributed by atoms with Crippen molar-refractivity contribution in [3.8, 4) is 6.07 Å². The predicted octanol–water partition coefficient (Wildman–Crippen LogP) is 1.70. The highest BCUT2D eigenvalue weighted by Gasteiger charge is 2.16. The highest BCUT2D eigenvalue weighted by molar-refractivity contribution is 5.83. The zero-order valence-corrected chi connectivity index (χ0v) is 9.31. The number of carbonyl (C=O) groups is 1. The molecule has 0 spiro atoms. The number of hydrogen-bond donors (Lipinski definition) is 1. The molecule has 0 saturated heterocycles. The molecule has 0 unspecified atom stereocenters. The van der Waals surface area contributed by atoms with Gasteiger partial charge in [0.15, 0.2) is 5.82 Å². The van der Waals surface area contributed by atoms with Crippen LogP contribution in [0.4, 0.5) is 10.6 Å². The lowest BCUT2D eigenvalue weighted by Gasteiger charge is -2.19. The van der Waals surface area contributed by atoms with Crippen molar-refractivity contribution in [3.63, 3.8) is 0 Å². The molecule has 1 heterocycles. The molecule has 1 rings (SSSR count). The summed E-state index contributed by atoms with van der Waals surface area (Å²) in [6, 6.07) is 3.31. The lowest BCUT2D eigenvalue weighted by Crippen LogP contribution is -2.27. The van der Waals surface area contributed by atoms with Gasteiger partial charge in [0.25, 0.3) is 0 Å². The van der Waals surface area contributed by atoms with Crippen molar-refractivity contribution >= 4 is 11.9 Å². The fourth-order valence-corrected chi connectivity index (χ4v) is 0.897. The van der Waals surface area contributed by atoms with E-state index < -0.39 is 11.7 Å². The molecule has 6 heteroatoms. The van der Waals surface area contributed by atoms with Crippen LogP contribution < -0.4 is 5.32 Å². The molecule has 0 aliphatic carbocycles. The maximum Gasteiger partial charge on any atom is 0.413 e. The van der Waals surface area contributed by atoms with Crippen molar-refractivity contribution in [2.24, 2.45) is 0 Å². The van der Waals surface area contributed by atoms with Crippen LogP contribution in [0.3, 0.4) is 0 Å². The monoisotopic (exact) mass is 220 g/mol. The Labute approximate surface area is 93.2 Å². The summed E-state index contributed by atoms with van der Waals surface area (Å²) in [5, 5.41) is 18.2.